The van der Waals surface area contributed by atoms with Crippen LogP contribution < -0.4 is 0 Å². The molecule has 0 bridgehead atoms. The number of ether oxygens (including phenoxy) is 2. The minimum atomic E-state index is -0.325. The molecule has 0 spiro atoms. The molecule has 9 heteroatoms. The summed E-state index contributed by atoms with van der Waals surface area (Å²) in [5, 5.41) is 13.1. The van der Waals surface area contributed by atoms with Gasteiger partial charge in [-0.05, 0) is 24.6 Å². The summed E-state index contributed by atoms with van der Waals surface area (Å²) in [6.45, 7) is 4.10. The zero-order valence-corrected chi connectivity index (χ0v) is 15.7. The van der Waals surface area contributed by atoms with E-state index in [1.807, 2.05) is 0 Å². The van der Waals surface area contributed by atoms with Gasteiger partial charge < -0.3 is 14.4 Å². The standard InChI is InChI=1S/C19H20FN5O3/c1-12-17(19(26)24-7-9-28-10-8-24)21-22-18-16(13-3-5-14(20)6-4-13)15(11-27-2)23-25(12)18/h3-6H,7-11H2,1-2H3. The number of aromatic nitrogens is 4. The summed E-state index contributed by atoms with van der Waals surface area (Å²) in [5.41, 5.74) is 3.45. The lowest BCUT2D eigenvalue weighted by Crippen LogP contribution is -2.41. The highest BCUT2D eigenvalue weighted by Gasteiger charge is 2.25. The van der Waals surface area contributed by atoms with E-state index < -0.39 is 0 Å². The molecular weight excluding hydrogens is 365 g/mol. The molecule has 0 atom stereocenters. The van der Waals surface area contributed by atoms with Gasteiger partial charge in [0.15, 0.2) is 11.3 Å². The fourth-order valence-corrected chi connectivity index (χ4v) is 3.31. The Bertz CT molecular complexity index is 1010. The van der Waals surface area contributed by atoms with Crippen LogP contribution in [0.2, 0.25) is 0 Å². The molecule has 4 rings (SSSR count). The highest BCUT2D eigenvalue weighted by atomic mass is 19.1. The normalized spacial score (nSPS) is 14.6. The highest BCUT2D eigenvalue weighted by molar-refractivity contribution is 5.93. The van der Waals surface area contributed by atoms with E-state index in [9.17, 15) is 9.18 Å². The van der Waals surface area contributed by atoms with Crippen molar-refractivity contribution in [3.8, 4) is 11.1 Å². The van der Waals surface area contributed by atoms with E-state index in [1.165, 1.54) is 12.1 Å². The van der Waals surface area contributed by atoms with Crippen molar-refractivity contribution < 1.29 is 18.7 Å². The fraction of sp³-hybridized carbons (Fsp3) is 0.368. The third kappa shape index (κ3) is 3.23. The van der Waals surface area contributed by atoms with Crippen molar-refractivity contribution in [2.45, 2.75) is 13.5 Å². The Morgan fingerprint density at radius 1 is 1.21 bits per heavy atom. The van der Waals surface area contributed by atoms with Gasteiger partial charge in [-0.3, -0.25) is 4.79 Å². The number of methoxy groups -OCH3 is 1. The first-order valence-corrected chi connectivity index (χ1v) is 8.97. The van der Waals surface area contributed by atoms with Gasteiger partial charge in [0.2, 0.25) is 0 Å². The van der Waals surface area contributed by atoms with Crippen LogP contribution in [0.4, 0.5) is 4.39 Å². The van der Waals surface area contributed by atoms with Gasteiger partial charge in [0.05, 0.1) is 36.8 Å². The third-order valence-electron chi connectivity index (χ3n) is 4.75. The van der Waals surface area contributed by atoms with Crippen molar-refractivity contribution in [1.82, 2.24) is 24.7 Å². The third-order valence-corrected chi connectivity index (χ3v) is 4.75. The molecule has 1 aromatic carbocycles. The minimum absolute atomic E-state index is 0.192. The first-order valence-electron chi connectivity index (χ1n) is 8.97. The Labute approximate surface area is 160 Å². The number of aryl methyl sites for hydroxylation is 1. The number of carbonyl (C=O) groups excluding carboxylic acids is 1. The summed E-state index contributed by atoms with van der Waals surface area (Å²) < 4.78 is 25.5. The second kappa shape index (κ2) is 7.61. The molecule has 0 saturated carbocycles. The van der Waals surface area contributed by atoms with Crippen LogP contribution in [-0.4, -0.2) is 64.0 Å². The molecule has 0 N–H and O–H groups in total. The van der Waals surface area contributed by atoms with Crippen LogP contribution >= 0.6 is 0 Å². The number of benzene rings is 1. The Kier molecular flexibility index (Phi) is 5.01. The van der Waals surface area contributed by atoms with Crippen molar-refractivity contribution in [2.75, 3.05) is 33.4 Å². The summed E-state index contributed by atoms with van der Waals surface area (Å²) in [6.07, 6.45) is 0. The van der Waals surface area contributed by atoms with Crippen molar-refractivity contribution in [1.29, 1.82) is 0 Å². The van der Waals surface area contributed by atoms with Crippen molar-refractivity contribution in [3.63, 3.8) is 0 Å². The monoisotopic (exact) mass is 385 g/mol. The lowest BCUT2D eigenvalue weighted by molar-refractivity contribution is 0.0297. The number of carbonyl (C=O) groups is 1. The van der Waals surface area contributed by atoms with Crippen LogP contribution in [0.25, 0.3) is 16.8 Å². The molecule has 1 aliphatic rings. The van der Waals surface area contributed by atoms with Crippen LogP contribution in [0.1, 0.15) is 21.9 Å². The molecule has 1 amide bonds. The Hall–Kier alpha value is -2.91. The van der Waals surface area contributed by atoms with E-state index in [0.717, 1.165) is 5.56 Å². The second-order valence-electron chi connectivity index (χ2n) is 6.54. The largest absolute Gasteiger partial charge is 0.378 e. The number of nitrogens with zero attached hydrogens (tertiary/aromatic N) is 5. The molecule has 0 aliphatic carbocycles. The molecule has 3 aromatic rings. The fourth-order valence-electron chi connectivity index (χ4n) is 3.31. The van der Waals surface area contributed by atoms with Gasteiger partial charge in [-0.15, -0.1) is 10.2 Å². The van der Waals surface area contributed by atoms with Crippen molar-refractivity contribution in [3.05, 3.63) is 47.2 Å². The smallest absolute Gasteiger partial charge is 0.276 e. The van der Waals surface area contributed by atoms with E-state index in [1.54, 1.807) is 35.6 Å². The summed E-state index contributed by atoms with van der Waals surface area (Å²) in [4.78, 5) is 14.6. The lowest BCUT2D eigenvalue weighted by atomic mass is 10.1. The van der Waals surface area contributed by atoms with E-state index in [4.69, 9.17) is 9.47 Å². The molecule has 146 valence electrons. The van der Waals surface area contributed by atoms with Crippen LogP contribution in [0.5, 0.6) is 0 Å². The maximum absolute atomic E-state index is 13.3. The molecule has 0 unspecified atom stereocenters. The Morgan fingerprint density at radius 2 is 1.93 bits per heavy atom. The summed E-state index contributed by atoms with van der Waals surface area (Å²) in [6, 6.07) is 6.09. The summed E-state index contributed by atoms with van der Waals surface area (Å²) in [5.74, 6) is -0.517. The number of rotatable bonds is 4. The maximum Gasteiger partial charge on any atom is 0.276 e. The van der Waals surface area contributed by atoms with Crippen LogP contribution in [0, 0.1) is 12.7 Å². The van der Waals surface area contributed by atoms with Gasteiger partial charge in [-0.25, -0.2) is 8.91 Å². The Morgan fingerprint density at radius 3 is 2.61 bits per heavy atom. The predicted molar refractivity (Wildman–Crippen MR) is 98.3 cm³/mol. The van der Waals surface area contributed by atoms with Gasteiger partial charge in [0.25, 0.3) is 5.91 Å². The number of amides is 1. The lowest BCUT2D eigenvalue weighted by Gasteiger charge is -2.26. The average Bonchev–Trinajstić information content (AvgIpc) is 3.08. The number of hydrogen-bond donors (Lipinski definition) is 0. The predicted octanol–water partition coefficient (Wildman–Crippen LogP) is 1.86. The molecule has 1 fully saturated rings. The van der Waals surface area contributed by atoms with Gasteiger partial charge in [0.1, 0.15) is 5.82 Å². The van der Waals surface area contributed by atoms with Crippen LogP contribution in [0.3, 0.4) is 0 Å². The first-order chi connectivity index (χ1) is 13.6. The zero-order valence-electron chi connectivity index (χ0n) is 15.7. The zero-order chi connectivity index (χ0) is 19.7. The molecular formula is C19H20FN5O3. The second-order valence-corrected chi connectivity index (χ2v) is 6.54. The first kappa shape index (κ1) is 18.5. The topological polar surface area (TPSA) is 81.9 Å². The van der Waals surface area contributed by atoms with Gasteiger partial charge in [-0.1, -0.05) is 12.1 Å². The van der Waals surface area contributed by atoms with Crippen molar-refractivity contribution in [2.24, 2.45) is 0 Å². The molecule has 1 aliphatic heterocycles. The SMILES string of the molecule is COCc1nn2c(C)c(C(=O)N3CCOCC3)nnc2c1-c1ccc(F)cc1. The molecule has 0 radical (unpaired) electrons. The number of morpholine rings is 1. The van der Waals surface area contributed by atoms with E-state index in [-0.39, 0.29) is 24.0 Å². The number of fused-ring (bicyclic) bond motifs is 1. The van der Waals surface area contributed by atoms with Crippen LogP contribution in [-0.2, 0) is 16.1 Å². The van der Waals surface area contributed by atoms with Crippen LogP contribution in [0.15, 0.2) is 24.3 Å². The summed E-state index contributed by atoms with van der Waals surface area (Å²) in [7, 11) is 1.57. The molecule has 3 heterocycles. The van der Waals surface area contributed by atoms with Gasteiger partial charge in [0, 0.05) is 20.2 Å². The minimum Gasteiger partial charge on any atom is -0.378 e. The van der Waals surface area contributed by atoms with E-state index in [0.29, 0.717) is 48.9 Å². The van der Waals surface area contributed by atoms with Gasteiger partial charge >= 0.3 is 0 Å². The molecule has 2 aromatic heterocycles. The van der Waals surface area contributed by atoms with Crippen molar-refractivity contribution >= 4 is 11.6 Å². The summed E-state index contributed by atoms with van der Waals surface area (Å²) >= 11 is 0. The Balaban J connectivity index is 1.82. The highest BCUT2D eigenvalue weighted by Crippen LogP contribution is 2.29. The quantitative estimate of drug-likeness (QED) is 0.682. The van der Waals surface area contributed by atoms with Gasteiger partial charge in [-0.2, -0.15) is 5.10 Å². The molecule has 1 saturated heterocycles. The molecule has 28 heavy (non-hydrogen) atoms. The van der Waals surface area contributed by atoms with E-state index in [2.05, 4.69) is 15.3 Å². The number of hydrogen-bond acceptors (Lipinski definition) is 6. The maximum atomic E-state index is 13.3. The average molecular weight is 385 g/mol. The molecule has 8 nitrogen and oxygen atoms in total. The van der Waals surface area contributed by atoms with E-state index >= 15 is 0 Å². The number of halogens is 1.